The zero-order chi connectivity index (χ0) is 48.9. The number of fused-ring (bicyclic) bond motifs is 7. The lowest BCUT2D eigenvalue weighted by molar-refractivity contribution is -0.121. The number of carbonyl (C=O) groups excluding carboxylic acids is 1. The fraction of sp³-hybridized carbons (Fsp3) is 0.356. The van der Waals surface area contributed by atoms with E-state index in [2.05, 4.69) is 65.7 Å². The van der Waals surface area contributed by atoms with Gasteiger partial charge in [-0.15, -0.1) is 0 Å². The van der Waals surface area contributed by atoms with Crippen molar-refractivity contribution in [2.24, 2.45) is 22.6 Å². The molecule has 0 aromatic heterocycles. The van der Waals surface area contributed by atoms with Crippen LogP contribution in [0, 0.1) is 23.9 Å². The Morgan fingerprint density at radius 3 is 2.57 bits per heavy atom. The van der Waals surface area contributed by atoms with E-state index < -0.39 is 17.8 Å². The predicted octanol–water partition coefficient (Wildman–Crippen LogP) is 10.3. The highest BCUT2D eigenvalue weighted by Gasteiger charge is 2.43. The first kappa shape index (κ1) is 48.0. The molecule has 11 nitrogen and oxygen atoms in total. The number of benzene rings is 5. The zero-order valence-corrected chi connectivity index (χ0v) is 40.2. The molecule has 2 heterocycles. The highest BCUT2D eigenvalue weighted by molar-refractivity contribution is 6.04. The topological polar surface area (TPSA) is 176 Å². The number of phenols is 1. The number of aliphatic hydroxyl groups excluding tert-OH is 2. The summed E-state index contributed by atoms with van der Waals surface area (Å²) in [6, 6.07) is 25.7. The Labute approximate surface area is 410 Å². The number of carbonyl (C=O) groups is 1. The van der Waals surface area contributed by atoms with E-state index in [4.69, 9.17) is 19.9 Å². The highest BCUT2D eigenvalue weighted by Crippen LogP contribution is 2.54. The van der Waals surface area contributed by atoms with Crippen LogP contribution in [0.15, 0.2) is 114 Å². The Morgan fingerprint density at radius 2 is 1.77 bits per heavy atom. The lowest BCUT2D eigenvalue weighted by Crippen LogP contribution is -2.33. The number of allylic oxidation sites excluding steroid dienone is 4. The summed E-state index contributed by atoms with van der Waals surface area (Å²) in [5.41, 5.74) is 13.0. The maximum Gasteiger partial charge on any atom is 0.192 e. The third-order valence-corrected chi connectivity index (χ3v) is 14.8. The van der Waals surface area contributed by atoms with Crippen molar-refractivity contribution in [1.82, 2.24) is 0 Å². The van der Waals surface area contributed by atoms with Gasteiger partial charge in [-0.05, 0) is 156 Å². The van der Waals surface area contributed by atoms with E-state index in [9.17, 15) is 25.2 Å². The molecule has 0 fully saturated rings. The molecule has 0 spiro atoms. The average molecular weight is 942 g/mol. The number of ketones is 1. The molecule has 362 valence electrons. The number of nitrogens with two attached hydrogens (primary N) is 1. The summed E-state index contributed by atoms with van der Waals surface area (Å²) in [6.07, 6.45) is 16.8. The third kappa shape index (κ3) is 10.2. The molecule has 70 heavy (non-hydrogen) atoms. The summed E-state index contributed by atoms with van der Waals surface area (Å²) < 4.78 is 19.0. The SMILES string of the molecule is CN=C(N)Nc1cccc(CCCC[C@@H]2C=CC(O)=C[C@H]2C[C@H]2CC(=O)CCc3ccc(OC)c(c3)OCc3c(C(O)O)c4c5c(c(O)cc6c5c3C=C[C@@H]6C)[C@](Cc3ccccc3)(C#CO2)CC4)c1. The van der Waals surface area contributed by atoms with E-state index in [0.29, 0.717) is 66.3 Å². The molecule has 0 unspecified atom stereocenters. The number of anilines is 1. The number of nitrogens with zero attached hydrogens (tertiary/aromatic N) is 1. The van der Waals surface area contributed by atoms with Crippen molar-refractivity contribution in [2.75, 3.05) is 19.5 Å². The number of guanidine groups is 1. The second kappa shape index (κ2) is 20.9. The summed E-state index contributed by atoms with van der Waals surface area (Å²) in [6.45, 7) is 2.11. The number of rotatable bonds is 12. The average Bonchev–Trinajstić information content (AvgIpc) is 3.35. The maximum atomic E-state index is 14.1. The fourth-order valence-electron chi connectivity index (χ4n) is 11.2. The van der Waals surface area contributed by atoms with Gasteiger partial charge in [0.2, 0.25) is 0 Å². The number of aliphatic hydroxyl groups is 3. The number of aryl methyl sites for hydroxylation is 3. The number of methoxy groups -OCH3 is 1. The standard InChI is InChI=1S/C59H63N3O8/c1-36-16-22-46-49-35-70-52-29-38(18-23-51(52)68-3)17-20-44(64)32-45(31-41-30-43(63)21-19-40(41)14-8-7-10-37-13-9-15-42(28-37)62-58(60)61-2)69-27-26-59(34-39-11-5-4-6-12-39)25-24-47(54(49)57(66)67)55-53(46)48(36)33-50(65)56(55)59/h4-6,9,11-13,15-16,18-19,21-23,28-30,33,36,40-41,45,57,63,65-67H,7-8,10,14,17,20,24-25,31-32,34-35H2,1-3H3,(H3,60,61,62)/t36-,40+,41-,45-,59-/m0/s1. The van der Waals surface area contributed by atoms with Crippen LogP contribution < -0.4 is 20.5 Å². The molecule has 5 aromatic carbocycles. The summed E-state index contributed by atoms with van der Waals surface area (Å²) >= 11 is 0. The first-order valence-electron chi connectivity index (χ1n) is 24.6. The minimum absolute atomic E-state index is 0.0148. The van der Waals surface area contributed by atoms with E-state index >= 15 is 0 Å². The van der Waals surface area contributed by atoms with Crippen molar-refractivity contribution in [1.29, 1.82) is 0 Å². The van der Waals surface area contributed by atoms with Crippen LogP contribution in [0.2, 0.25) is 0 Å². The predicted molar refractivity (Wildman–Crippen MR) is 275 cm³/mol. The highest BCUT2D eigenvalue weighted by atomic mass is 16.5. The van der Waals surface area contributed by atoms with Gasteiger partial charge in [0.15, 0.2) is 23.7 Å². The van der Waals surface area contributed by atoms with Crippen LogP contribution >= 0.6 is 0 Å². The molecule has 3 aliphatic carbocycles. The van der Waals surface area contributed by atoms with Crippen LogP contribution in [0.3, 0.4) is 0 Å². The zero-order valence-electron chi connectivity index (χ0n) is 40.2. The van der Waals surface area contributed by atoms with Crippen molar-refractivity contribution in [2.45, 2.75) is 108 Å². The van der Waals surface area contributed by atoms with Crippen LogP contribution in [0.1, 0.15) is 114 Å². The number of phenolic OH excluding ortho intramolecular Hbond substituents is 1. The number of ether oxygens (including phenoxy) is 3. The number of aliphatic imine (C=N–C) groups is 1. The molecular formula is C59H63N3O8. The molecular weight excluding hydrogens is 879 g/mol. The van der Waals surface area contributed by atoms with Crippen LogP contribution in [-0.2, 0) is 47.2 Å². The largest absolute Gasteiger partial charge is 0.508 e. The summed E-state index contributed by atoms with van der Waals surface area (Å²) in [5.74, 6) is 5.15. The molecule has 2 aliphatic heterocycles. The Balaban J connectivity index is 1.10. The van der Waals surface area contributed by atoms with Crippen LogP contribution in [0.25, 0.3) is 16.8 Å². The number of aromatic hydroxyl groups is 1. The summed E-state index contributed by atoms with van der Waals surface area (Å²) in [4.78, 5) is 18.1. The minimum atomic E-state index is -1.83. The van der Waals surface area contributed by atoms with Gasteiger partial charge >= 0.3 is 0 Å². The Hall–Kier alpha value is -7.00. The van der Waals surface area contributed by atoms with Crippen molar-refractivity contribution < 1.29 is 39.4 Å². The first-order chi connectivity index (χ1) is 33.9. The van der Waals surface area contributed by atoms with E-state index in [1.54, 1.807) is 20.2 Å². The summed E-state index contributed by atoms with van der Waals surface area (Å²) in [7, 11) is 3.23. The fourth-order valence-corrected chi connectivity index (χ4v) is 11.2. The lowest BCUT2D eigenvalue weighted by atomic mass is 9.64. The molecule has 0 saturated heterocycles. The maximum absolute atomic E-state index is 14.1. The quantitative estimate of drug-likeness (QED) is 0.0232. The molecule has 10 rings (SSSR count). The van der Waals surface area contributed by atoms with Gasteiger partial charge in [0, 0.05) is 48.2 Å². The molecule has 5 aliphatic rings. The van der Waals surface area contributed by atoms with Gasteiger partial charge in [0.25, 0.3) is 0 Å². The molecule has 7 N–H and O–H groups in total. The molecule has 8 bridgehead atoms. The van der Waals surface area contributed by atoms with Crippen LogP contribution in [0.5, 0.6) is 17.2 Å². The van der Waals surface area contributed by atoms with Crippen molar-refractivity contribution in [3.63, 3.8) is 0 Å². The van der Waals surface area contributed by atoms with Gasteiger partial charge in [0.05, 0.1) is 12.5 Å². The second-order valence-electron chi connectivity index (χ2n) is 19.3. The van der Waals surface area contributed by atoms with Crippen molar-refractivity contribution in [3.05, 3.63) is 159 Å². The van der Waals surface area contributed by atoms with Gasteiger partial charge in [-0.3, -0.25) is 9.79 Å². The molecule has 0 amide bonds. The van der Waals surface area contributed by atoms with Crippen LogP contribution in [0.4, 0.5) is 5.69 Å². The third-order valence-electron chi connectivity index (χ3n) is 14.8. The first-order valence-corrected chi connectivity index (χ1v) is 24.6. The van der Waals surface area contributed by atoms with Gasteiger partial charge in [-0.1, -0.05) is 80.1 Å². The number of hydrogen-bond acceptors (Lipinski definition) is 9. The van der Waals surface area contributed by atoms with Crippen LogP contribution in [-0.4, -0.2) is 52.4 Å². The second-order valence-corrected chi connectivity index (χ2v) is 19.3. The Kier molecular flexibility index (Phi) is 14.4. The van der Waals surface area contributed by atoms with Crippen molar-refractivity contribution >= 4 is 34.3 Å². The minimum Gasteiger partial charge on any atom is -0.508 e. The van der Waals surface area contributed by atoms with Gasteiger partial charge in [-0.25, -0.2) is 0 Å². The van der Waals surface area contributed by atoms with E-state index in [0.717, 1.165) is 70.0 Å². The monoisotopic (exact) mass is 941 g/mol. The molecule has 0 saturated carbocycles. The van der Waals surface area contributed by atoms with Gasteiger partial charge < -0.3 is 45.7 Å². The molecule has 0 radical (unpaired) electrons. The molecule has 5 atom stereocenters. The lowest BCUT2D eigenvalue weighted by Gasteiger charge is -2.39. The van der Waals surface area contributed by atoms with E-state index in [1.807, 2.05) is 66.7 Å². The van der Waals surface area contributed by atoms with E-state index in [1.165, 1.54) is 5.56 Å². The number of hydrogen-bond donors (Lipinski definition) is 6. The summed E-state index contributed by atoms with van der Waals surface area (Å²) in [5, 5.41) is 50.7. The van der Waals surface area contributed by atoms with Gasteiger partial charge in [0.1, 0.15) is 36.1 Å². The van der Waals surface area contributed by atoms with Gasteiger partial charge in [-0.2, -0.15) is 0 Å². The smallest absolute Gasteiger partial charge is 0.192 e. The number of unbranched alkanes of at least 4 members (excludes halogenated alkanes) is 1. The van der Waals surface area contributed by atoms with Crippen molar-refractivity contribution in [3.8, 4) is 29.3 Å². The normalized spacial score (nSPS) is 21.9. The number of Topliss-reactive ketones (excluding diaryl/α,β-unsaturated/α-hetero) is 1. The Morgan fingerprint density at radius 1 is 0.943 bits per heavy atom. The molecule has 11 heteroatoms. The molecule has 5 aromatic rings. The Bertz CT molecular complexity index is 2960. The number of nitrogens with one attached hydrogen (secondary N) is 1. The van der Waals surface area contributed by atoms with E-state index in [-0.39, 0.29) is 54.5 Å².